The summed E-state index contributed by atoms with van der Waals surface area (Å²) in [7, 11) is -1.12. The van der Waals surface area contributed by atoms with E-state index in [9.17, 15) is 0 Å². The molecule has 1 aliphatic carbocycles. The third kappa shape index (κ3) is 3.46. The Bertz CT molecular complexity index is 333. The largest absolute Gasteiger partial charge is 0.312 e. The van der Waals surface area contributed by atoms with Crippen LogP contribution in [-0.4, -0.2) is 14.6 Å². The maximum absolute atomic E-state index is 3.53. The fourth-order valence-electron chi connectivity index (χ4n) is 1.87. The molecule has 1 N–H and O–H groups in total. The van der Waals surface area contributed by atoms with Crippen LogP contribution in [0.25, 0.3) is 0 Å². The third-order valence-corrected chi connectivity index (χ3v) is 5.34. The molecule has 0 atom stereocenters. The average molecular weight is 233 g/mol. The van der Waals surface area contributed by atoms with Gasteiger partial charge >= 0.3 is 0 Å². The zero-order valence-electron chi connectivity index (χ0n) is 10.7. The molecule has 0 spiro atoms. The molecule has 2 rings (SSSR count). The SMILES string of the molecule is C[Si](C)(C)c1ccc(CNCC2CC2)cc1. The second kappa shape index (κ2) is 4.72. The van der Waals surface area contributed by atoms with Crippen molar-refractivity contribution in [3.8, 4) is 0 Å². The van der Waals surface area contributed by atoms with Crippen molar-refractivity contribution in [3.63, 3.8) is 0 Å². The zero-order valence-corrected chi connectivity index (χ0v) is 11.7. The molecule has 0 heterocycles. The van der Waals surface area contributed by atoms with E-state index in [-0.39, 0.29) is 0 Å². The standard InChI is InChI=1S/C14H23NSi/c1-16(2,3)14-8-6-13(7-9-14)11-15-10-12-4-5-12/h6-9,12,15H,4-5,10-11H2,1-3H3. The molecule has 0 aliphatic heterocycles. The Morgan fingerprint density at radius 2 is 1.75 bits per heavy atom. The predicted octanol–water partition coefficient (Wildman–Crippen LogP) is 2.73. The van der Waals surface area contributed by atoms with E-state index < -0.39 is 8.07 Å². The molecule has 88 valence electrons. The Labute approximate surface area is 100 Å². The van der Waals surface area contributed by atoms with Crippen LogP contribution in [0.2, 0.25) is 19.6 Å². The summed E-state index contributed by atoms with van der Waals surface area (Å²) in [6.45, 7) is 9.42. The van der Waals surface area contributed by atoms with Gasteiger partial charge in [0.2, 0.25) is 0 Å². The Hall–Kier alpha value is -0.603. The fraction of sp³-hybridized carbons (Fsp3) is 0.571. The number of hydrogen-bond acceptors (Lipinski definition) is 1. The van der Waals surface area contributed by atoms with Crippen molar-refractivity contribution in [3.05, 3.63) is 29.8 Å². The second-order valence-electron chi connectivity index (χ2n) is 6.02. The highest BCUT2D eigenvalue weighted by molar-refractivity contribution is 6.88. The summed E-state index contributed by atoms with van der Waals surface area (Å²) in [6, 6.07) is 9.21. The molecule has 1 aromatic carbocycles. The molecule has 0 amide bonds. The Kier molecular flexibility index (Phi) is 3.50. The summed E-state index contributed by atoms with van der Waals surface area (Å²) in [5.74, 6) is 0.973. The van der Waals surface area contributed by atoms with Crippen LogP contribution in [0.3, 0.4) is 0 Å². The van der Waals surface area contributed by atoms with Crippen LogP contribution in [0.4, 0.5) is 0 Å². The number of hydrogen-bond donors (Lipinski definition) is 1. The number of nitrogens with one attached hydrogen (secondary N) is 1. The highest BCUT2D eigenvalue weighted by Crippen LogP contribution is 2.27. The summed E-state index contributed by atoms with van der Waals surface area (Å²) < 4.78 is 0. The molecule has 2 heteroatoms. The third-order valence-electron chi connectivity index (χ3n) is 3.28. The van der Waals surface area contributed by atoms with Crippen molar-refractivity contribution < 1.29 is 0 Å². The first-order valence-electron chi connectivity index (χ1n) is 6.36. The molecule has 1 fully saturated rings. The van der Waals surface area contributed by atoms with Crippen molar-refractivity contribution in [2.45, 2.75) is 39.0 Å². The molecule has 0 saturated heterocycles. The number of rotatable bonds is 5. The van der Waals surface area contributed by atoms with Crippen molar-refractivity contribution in [1.29, 1.82) is 0 Å². The summed E-state index contributed by atoms with van der Waals surface area (Å²) in [5, 5.41) is 5.09. The van der Waals surface area contributed by atoms with Crippen LogP contribution in [0.15, 0.2) is 24.3 Å². The van der Waals surface area contributed by atoms with Gasteiger partial charge in [-0.25, -0.2) is 0 Å². The monoisotopic (exact) mass is 233 g/mol. The van der Waals surface area contributed by atoms with Crippen molar-refractivity contribution in [2.24, 2.45) is 5.92 Å². The number of benzene rings is 1. The van der Waals surface area contributed by atoms with E-state index in [0.717, 1.165) is 12.5 Å². The predicted molar refractivity (Wildman–Crippen MR) is 73.9 cm³/mol. The fourth-order valence-corrected chi connectivity index (χ4v) is 3.03. The van der Waals surface area contributed by atoms with Gasteiger partial charge in [-0.15, -0.1) is 0 Å². The lowest BCUT2D eigenvalue weighted by Crippen LogP contribution is -2.37. The Morgan fingerprint density at radius 3 is 2.25 bits per heavy atom. The van der Waals surface area contributed by atoms with E-state index in [1.807, 2.05) is 0 Å². The molecule has 16 heavy (non-hydrogen) atoms. The quantitative estimate of drug-likeness (QED) is 0.771. The molecule has 0 bridgehead atoms. The first-order valence-corrected chi connectivity index (χ1v) is 9.86. The normalized spacial score (nSPS) is 16.4. The summed E-state index contributed by atoms with van der Waals surface area (Å²) in [5.41, 5.74) is 1.42. The van der Waals surface area contributed by atoms with Crippen molar-refractivity contribution >= 4 is 13.3 Å². The zero-order chi connectivity index (χ0) is 11.6. The highest BCUT2D eigenvalue weighted by Gasteiger charge is 2.20. The van der Waals surface area contributed by atoms with E-state index in [0.29, 0.717) is 0 Å². The van der Waals surface area contributed by atoms with Gasteiger partial charge in [0.1, 0.15) is 0 Å². The van der Waals surface area contributed by atoms with Crippen molar-refractivity contribution in [1.82, 2.24) is 5.32 Å². The van der Waals surface area contributed by atoms with Crippen LogP contribution in [0.5, 0.6) is 0 Å². The molecule has 1 aliphatic rings. The maximum atomic E-state index is 3.53. The van der Waals surface area contributed by atoms with Crippen molar-refractivity contribution in [2.75, 3.05) is 6.54 Å². The molecular weight excluding hydrogens is 210 g/mol. The van der Waals surface area contributed by atoms with Crippen LogP contribution in [0.1, 0.15) is 18.4 Å². The van der Waals surface area contributed by atoms with Gasteiger partial charge in [0.05, 0.1) is 8.07 Å². The van der Waals surface area contributed by atoms with E-state index in [1.54, 1.807) is 5.19 Å². The van der Waals surface area contributed by atoms with Gasteiger partial charge in [0.25, 0.3) is 0 Å². The van der Waals surface area contributed by atoms with E-state index in [2.05, 4.69) is 49.2 Å². The minimum atomic E-state index is -1.12. The van der Waals surface area contributed by atoms with Crippen LogP contribution in [-0.2, 0) is 6.54 Å². The lowest BCUT2D eigenvalue weighted by molar-refractivity contribution is 0.639. The van der Waals surface area contributed by atoms with Crippen LogP contribution >= 0.6 is 0 Å². The summed E-state index contributed by atoms with van der Waals surface area (Å²) in [6.07, 6.45) is 2.86. The summed E-state index contributed by atoms with van der Waals surface area (Å²) in [4.78, 5) is 0. The van der Waals surface area contributed by atoms with Gasteiger partial charge in [0.15, 0.2) is 0 Å². The van der Waals surface area contributed by atoms with Gasteiger partial charge in [0, 0.05) is 6.54 Å². The minimum absolute atomic E-state index is 0.973. The highest BCUT2D eigenvalue weighted by atomic mass is 28.3. The Balaban J connectivity index is 1.85. The molecule has 0 unspecified atom stereocenters. The van der Waals surface area contributed by atoms with Gasteiger partial charge in [-0.05, 0) is 30.9 Å². The molecular formula is C14H23NSi. The van der Waals surface area contributed by atoms with Crippen LogP contribution < -0.4 is 10.5 Å². The minimum Gasteiger partial charge on any atom is -0.312 e. The average Bonchev–Trinajstić information content (AvgIpc) is 3.01. The van der Waals surface area contributed by atoms with E-state index >= 15 is 0 Å². The van der Waals surface area contributed by atoms with Gasteiger partial charge in [-0.3, -0.25) is 0 Å². The van der Waals surface area contributed by atoms with Gasteiger partial charge < -0.3 is 5.32 Å². The molecule has 1 nitrogen and oxygen atoms in total. The maximum Gasteiger partial charge on any atom is 0.0775 e. The second-order valence-corrected chi connectivity index (χ2v) is 11.1. The molecule has 0 aromatic heterocycles. The molecule has 1 aromatic rings. The first kappa shape index (κ1) is 11.9. The van der Waals surface area contributed by atoms with E-state index in [4.69, 9.17) is 0 Å². The molecule has 0 radical (unpaired) electrons. The molecule has 1 saturated carbocycles. The van der Waals surface area contributed by atoms with E-state index in [1.165, 1.54) is 24.9 Å². The lowest BCUT2D eigenvalue weighted by Gasteiger charge is -2.16. The first-order chi connectivity index (χ1) is 7.55. The Morgan fingerprint density at radius 1 is 1.12 bits per heavy atom. The summed E-state index contributed by atoms with van der Waals surface area (Å²) >= 11 is 0. The smallest absolute Gasteiger partial charge is 0.0775 e. The van der Waals surface area contributed by atoms with Crippen LogP contribution in [0, 0.1) is 5.92 Å². The van der Waals surface area contributed by atoms with Gasteiger partial charge in [-0.2, -0.15) is 0 Å². The lowest BCUT2D eigenvalue weighted by atomic mass is 10.2. The van der Waals surface area contributed by atoms with Gasteiger partial charge in [-0.1, -0.05) is 49.1 Å². The topological polar surface area (TPSA) is 12.0 Å².